The van der Waals surface area contributed by atoms with Crippen molar-refractivity contribution in [3.05, 3.63) is 59.3 Å². The Labute approximate surface area is 106 Å². The molecule has 0 spiro atoms. The van der Waals surface area contributed by atoms with Gasteiger partial charge in [-0.25, -0.2) is 4.98 Å². The van der Waals surface area contributed by atoms with Crippen LogP contribution in [0.5, 0.6) is 0 Å². The van der Waals surface area contributed by atoms with E-state index in [-0.39, 0.29) is 5.82 Å². The summed E-state index contributed by atoms with van der Waals surface area (Å²) in [6, 6.07) is 10.7. The molecule has 2 unspecified atom stereocenters. The second-order valence-corrected chi connectivity index (χ2v) is 4.23. The molecule has 0 saturated carbocycles. The number of aliphatic hydroxyl groups is 2. The van der Waals surface area contributed by atoms with Crippen molar-refractivity contribution < 1.29 is 10.2 Å². The van der Waals surface area contributed by atoms with E-state index in [2.05, 4.69) is 4.98 Å². The fraction of sp³-hybridized carbons (Fsp3) is 0.214. The summed E-state index contributed by atoms with van der Waals surface area (Å²) >= 11 is 0. The van der Waals surface area contributed by atoms with Gasteiger partial charge in [0.1, 0.15) is 18.0 Å². The van der Waals surface area contributed by atoms with Gasteiger partial charge >= 0.3 is 0 Å². The predicted octanol–water partition coefficient (Wildman–Crippen LogP) is 1.74. The Morgan fingerprint density at radius 2 is 1.72 bits per heavy atom. The van der Waals surface area contributed by atoms with Gasteiger partial charge in [-0.2, -0.15) is 0 Å². The van der Waals surface area contributed by atoms with E-state index in [4.69, 9.17) is 5.73 Å². The lowest BCUT2D eigenvalue weighted by molar-refractivity contribution is 0.0171. The van der Waals surface area contributed by atoms with Crippen LogP contribution in [0.2, 0.25) is 0 Å². The maximum Gasteiger partial charge on any atom is 0.129 e. The summed E-state index contributed by atoms with van der Waals surface area (Å²) in [4.78, 5) is 3.94. The summed E-state index contributed by atoms with van der Waals surface area (Å²) in [6.07, 6.45) is -0.520. The molecule has 0 aliphatic heterocycles. The molecule has 0 radical (unpaired) electrons. The van der Waals surface area contributed by atoms with Crippen LogP contribution in [0.15, 0.2) is 42.6 Å². The third kappa shape index (κ3) is 2.34. The minimum Gasteiger partial charge on any atom is -0.385 e. The highest BCUT2D eigenvalue weighted by atomic mass is 16.3. The Kier molecular flexibility index (Phi) is 3.60. The molecule has 1 aromatic heterocycles. The zero-order chi connectivity index (χ0) is 13.1. The number of aliphatic hydroxyl groups excluding tert-OH is 2. The lowest BCUT2D eigenvalue weighted by atomic mass is 9.96. The quantitative estimate of drug-likeness (QED) is 0.768. The Morgan fingerprint density at radius 3 is 2.33 bits per heavy atom. The van der Waals surface area contributed by atoms with Gasteiger partial charge in [-0.3, -0.25) is 0 Å². The standard InChI is InChI=1S/C14H16N2O2/c1-9-7-8-16-14(15)11(9)13(18)12(17)10-5-3-2-4-6-10/h2-8,12-13,17-18H,1H3,(H2,15,16). The molecule has 1 aromatic carbocycles. The van der Waals surface area contributed by atoms with Crippen LogP contribution in [0.25, 0.3) is 0 Å². The third-order valence-electron chi connectivity index (χ3n) is 2.97. The highest BCUT2D eigenvalue weighted by molar-refractivity contribution is 5.46. The Morgan fingerprint density at radius 1 is 1.06 bits per heavy atom. The number of aryl methyl sites for hydroxylation is 1. The number of nitrogens with two attached hydrogens (primary N) is 1. The van der Waals surface area contributed by atoms with Crippen LogP contribution in [0, 0.1) is 6.92 Å². The summed E-state index contributed by atoms with van der Waals surface area (Å²) < 4.78 is 0. The van der Waals surface area contributed by atoms with E-state index in [0.717, 1.165) is 5.56 Å². The molecule has 0 aliphatic carbocycles. The minimum absolute atomic E-state index is 0.248. The topological polar surface area (TPSA) is 79.4 Å². The van der Waals surface area contributed by atoms with Crippen LogP contribution in [-0.2, 0) is 0 Å². The SMILES string of the molecule is Cc1ccnc(N)c1C(O)C(O)c1ccccc1. The molecule has 0 saturated heterocycles. The van der Waals surface area contributed by atoms with E-state index in [1.807, 2.05) is 25.1 Å². The first-order valence-electron chi connectivity index (χ1n) is 5.73. The molecule has 2 rings (SSSR count). The average Bonchev–Trinajstić information content (AvgIpc) is 2.38. The summed E-state index contributed by atoms with van der Waals surface area (Å²) in [6.45, 7) is 1.83. The lowest BCUT2D eigenvalue weighted by Crippen LogP contribution is -2.14. The molecule has 1 heterocycles. The second kappa shape index (κ2) is 5.16. The summed E-state index contributed by atoms with van der Waals surface area (Å²) in [5, 5.41) is 20.4. The van der Waals surface area contributed by atoms with Crippen molar-refractivity contribution in [2.45, 2.75) is 19.1 Å². The molecule has 18 heavy (non-hydrogen) atoms. The van der Waals surface area contributed by atoms with Crippen LogP contribution in [-0.4, -0.2) is 15.2 Å². The second-order valence-electron chi connectivity index (χ2n) is 4.23. The van der Waals surface area contributed by atoms with Crippen molar-refractivity contribution in [3.8, 4) is 0 Å². The number of anilines is 1. The zero-order valence-electron chi connectivity index (χ0n) is 10.1. The number of nitrogens with zero attached hydrogens (tertiary/aromatic N) is 1. The molecular formula is C14H16N2O2. The maximum absolute atomic E-state index is 10.2. The van der Waals surface area contributed by atoms with Crippen LogP contribution < -0.4 is 5.73 Å². The van der Waals surface area contributed by atoms with Crippen molar-refractivity contribution in [2.75, 3.05) is 5.73 Å². The fourth-order valence-electron chi connectivity index (χ4n) is 1.97. The molecule has 0 aliphatic rings. The average molecular weight is 244 g/mol. The van der Waals surface area contributed by atoms with E-state index in [9.17, 15) is 10.2 Å². The number of hydrogen-bond acceptors (Lipinski definition) is 4. The first-order valence-corrected chi connectivity index (χ1v) is 5.73. The van der Waals surface area contributed by atoms with Gasteiger partial charge < -0.3 is 15.9 Å². The fourth-order valence-corrected chi connectivity index (χ4v) is 1.97. The highest BCUT2D eigenvalue weighted by Gasteiger charge is 2.23. The molecule has 4 heteroatoms. The van der Waals surface area contributed by atoms with Gasteiger partial charge in [0.2, 0.25) is 0 Å². The van der Waals surface area contributed by atoms with E-state index < -0.39 is 12.2 Å². The number of nitrogen functional groups attached to an aromatic ring is 1. The molecule has 4 N–H and O–H groups in total. The third-order valence-corrected chi connectivity index (χ3v) is 2.97. The van der Waals surface area contributed by atoms with Gasteiger partial charge in [-0.1, -0.05) is 30.3 Å². The molecular weight excluding hydrogens is 228 g/mol. The lowest BCUT2D eigenvalue weighted by Gasteiger charge is -2.21. The number of pyridine rings is 1. The van der Waals surface area contributed by atoms with Gasteiger partial charge in [0.15, 0.2) is 0 Å². The zero-order valence-corrected chi connectivity index (χ0v) is 10.1. The monoisotopic (exact) mass is 244 g/mol. The van der Waals surface area contributed by atoms with Crippen LogP contribution >= 0.6 is 0 Å². The number of benzene rings is 1. The Bertz CT molecular complexity index is 508. The molecule has 0 fully saturated rings. The summed E-state index contributed by atoms with van der Waals surface area (Å²) in [5.74, 6) is 0.248. The van der Waals surface area contributed by atoms with Gasteiger partial charge in [0.05, 0.1) is 0 Å². The Balaban J connectivity index is 2.34. The van der Waals surface area contributed by atoms with Gasteiger partial charge in [-0.05, 0) is 24.1 Å². The number of hydrogen-bond donors (Lipinski definition) is 3. The number of aromatic nitrogens is 1. The summed E-state index contributed by atoms with van der Waals surface area (Å²) in [7, 11) is 0. The summed E-state index contributed by atoms with van der Waals surface area (Å²) in [5.41, 5.74) is 7.69. The van der Waals surface area contributed by atoms with E-state index in [1.165, 1.54) is 0 Å². The predicted molar refractivity (Wildman–Crippen MR) is 69.7 cm³/mol. The number of rotatable bonds is 3. The van der Waals surface area contributed by atoms with Crippen LogP contribution in [0.4, 0.5) is 5.82 Å². The molecule has 2 atom stereocenters. The highest BCUT2D eigenvalue weighted by Crippen LogP contribution is 2.32. The van der Waals surface area contributed by atoms with E-state index in [1.54, 1.807) is 24.4 Å². The molecule has 0 amide bonds. The van der Waals surface area contributed by atoms with E-state index in [0.29, 0.717) is 11.1 Å². The minimum atomic E-state index is -1.08. The molecule has 2 aromatic rings. The normalized spacial score (nSPS) is 14.2. The molecule has 0 bridgehead atoms. The van der Waals surface area contributed by atoms with Crippen molar-refractivity contribution in [1.82, 2.24) is 4.98 Å². The first-order chi connectivity index (χ1) is 8.61. The first kappa shape index (κ1) is 12.5. The molecule has 94 valence electrons. The van der Waals surface area contributed by atoms with Crippen LogP contribution in [0.1, 0.15) is 28.9 Å². The van der Waals surface area contributed by atoms with Crippen LogP contribution in [0.3, 0.4) is 0 Å². The van der Waals surface area contributed by atoms with Crippen molar-refractivity contribution in [1.29, 1.82) is 0 Å². The molecule has 4 nitrogen and oxygen atoms in total. The van der Waals surface area contributed by atoms with E-state index >= 15 is 0 Å². The van der Waals surface area contributed by atoms with Crippen molar-refractivity contribution in [3.63, 3.8) is 0 Å². The van der Waals surface area contributed by atoms with Gasteiger partial charge in [0, 0.05) is 11.8 Å². The van der Waals surface area contributed by atoms with Crippen molar-refractivity contribution >= 4 is 5.82 Å². The Hall–Kier alpha value is -1.91. The van der Waals surface area contributed by atoms with Crippen molar-refractivity contribution in [2.24, 2.45) is 0 Å². The largest absolute Gasteiger partial charge is 0.385 e. The maximum atomic E-state index is 10.2. The van der Waals surface area contributed by atoms with Gasteiger partial charge in [-0.15, -0.1) is 0 Å². The van der Waals surface area contributed by atoms with Gasteiger partial charge in [0.25, 0.3) is 0 Å². The smallest absolute Gasteiger partial charge is 0.129 e.